The van der Waals surface area contributed by atoms with Gasteiger partial charge in [-0.2, -0.15) is 11.8 Å². The van der Waals surface area contributed by atoms with Crippen molar-refractivity contribution in [2.45, 2.75) is 12.3 Å². The van der Waals surface area contributed by atoms with Crippen molar-refractivity contribution in [2.75, 3.05) is 23.9 Å². The largest absolute Gasteiger partial charge is 0.494 e. The Labute approximate surface area is 114 Å². The zero-order chi connectivity index (χ0) is 12.7. The van der Waals surface area contributed by atoms with E-state index in [9.17, 15) is 4.79 Å². The van der Waals surface area contributed by atoms with Gasteiger partial charge in [-0.25, -0.2) is 0 Å². The van der Waals surface area contributed by atoms with Crippen molar-refractivity contribution in [2.24, 2.45) is 0 Å². The molecule has 1 amide bonds. The zero-order valence-corrected chi connectivity index (χ0v) is 12.4. The number of carbonyl (C=O) groups is 1. The van der Waals surface area contributed by atoms with Gasteiger partial charge in [0.15, 0.2) is 0 Å². The predicted octanol–water partition coefficient (Wildman–Crippen LogP) is 3.28. The van der Waals surface area contributed by atoms with Crippen LogP contribution in [0.3, 0.4) is 0 Å². The lowest BCUT2D eigenvalue weighted by Gasteiger charge is -2.11. The molecule has 0 aromatic heterocycles. The third-order valence-electron chi connectivity index (χ3n) is 2.06. The lowest BCUT2D eigenvalue weighted by molar-refractivity contribution is -0.113. The molecule has 0 saturated heterocycles. The number of benzene rings is 1. The molecule has 0 fully saturated rings. The molecule has 0 aliphatic rings. The predicted molar refractivity (Wildman–Crippen MR) is 77.3 cm³/mol. The first-order valence-electron chi connectivity index (χ1n) is 5.31. The van der Waals surface area contributed by atoms with Crippen molar-refractivity contribution in [3.63, 3.8) is 0 Å². The van der Waals surface area contributed by atoms with Crippen LogP contribution in [0.5, 0.6) is 5.75 Å². The molecule has 3 nitrogen and oxygen atoms in total. The second kappa shape index (κ2) is 7.61. The summed E-state index contributed by atoms with van der Waals surface area (Å²) in [5, 5.41) is 3.55. The molecule has 0 unspecified atom stereocenters. The van der Waals surface area contributed by atoms with Crippen molar-refractivity contribution < 1.29 is 9.53 Å². The van der Waals surface area contributed by atoms with Crippen molar-refractivity contribution in [1.82, 2.24) is 0 Å². The smallest absolute Gasteiger partial charge is 0.234 e. The fraction of sp³-hybridized carbons (Fsp3) is 0.417. The molecule has 0 heterocycles. The Hall–Kier alpha value is -0.680. The first-order valence-corrected chi connectivity index (χ1v) is 7.83. The second-order valence-corrected chi connectivity index (χ2v) is 4.80. The summed E-state index contributed by atoms with van der Waals surface area (Å²) in [6, 6.07) is 5.67. The van der Waals surface area contributed by atoms with E-state index in [1.165, 1.54) is 11.8 Å². The second-order valence-electron chi connectivity index (χ2n) is 3.37. The first-order chi connectivity index (χ1) is 8.21. The molecule has 0 spiro atoms. The monoisotopic (exact) mass is 317 g/mol. The molecular weight excluding hydrogens is 302 g/mol. The van der Waals surface area contributed by atoms with Gasteiger partial charge in [-0.3, -0.25) is 4.79 Å². The topological polar surface area (TPSA) is 38.3 Å². The number of thioether (sulfide) groups is 1. The minimum atomic E-state index is 0.0159. The van der Waals surface area contributed by atoms with Crippen LogP contribution in [0.2, 0.25) is 0 Å². The molecule has 1 N–H and O–H groups in total. The third kappa shape index (κ3) is 4.60. The van der Waals surface area contributed by atoms with Gasteiger partial charge in [-0.15, -0.1) is 0 Å². The average molecular weight is 318 g/mol. The highest BCUT2D eigenvalue weighted by Gasteiger charge is 2.06. The van der Waals surface area contributed by atoms with Crippen molar-refractivity contribution in [1.29, 1.82) is 0 Å². The van der Waals surface area contributed by atoms with Crippen LogP contribution in [0, 0.1) is 0 Å². The lowest BCUT2D eigenvalue weighted by Crippen LogP contribution is -2.13. The molecule has 0 bridgehead atoms. The Balaban J connectivity index is 2.78. The first kappa shape index (κ1) is 14.4. The van der Waals surface area contributed by atoms with E-state index in [1.54, 1.807) is 0 Å². The standard InChI is InChI=1S/C12H16BrNO2S/c1-3-16-11-5-4-10(6-9(11)7-13)14-12(15)8-17-2/h4-6H,3,7-8H2,1-2H3,(H,14,15). The van der Waals surface area contributed by atoms with Crippen molar-refractivity contribution in [3.05, 3.63) is 23.8 Å². The fourth-order valence-electron chi connectivity index (χ4n) is 1.39. The molecule has 0 aliphatic carbocycles. The van der Waals surface area contributed by atoms with E-state index in [-0.39, 0.29) is 5.91 Å². The van der Waals surface area contributed by atoms with Gasteiger partial charge in [0.05, 0.1) is 12.4 Å². The summed E-state index contributed by atoms with van der Waals surface area (Å²) < 4.78 is 5.49. The Morgan fingerprint density at radius 1 is 1.53 bits per heavy atom. The zero-order valence-electron chi connectivity index (χ0n) is 9.96. The number of ether oxygens (including phenoxy) is 1. The Bertz CT molecular complexity index is 385. The van der Waals surface area contributed by atoms with E-state index in [1.807, 2.05) is 31.4 Å². The van der Waals surface area contributed by atoms with Gasteiger partial charge in [0.25, 0.3) is 0 Å². The van der Waals surface area contributed by atoms with Crippen molar-refractivity contribution >= 4 is 39.3 Å². The number of hydrogen-bond acceptors (Lipinski definition) is 3. The minimum absolute atomic E-state index is 0.0159. The van der Waals surface area contributed by atoms with Crippen LogP contribution in [0.1, 0.15) is 12.5 Å². The van der Waals surface area contributed by atoms with Gasteiger partial charge >= 0.3 is 0 Å². The van der Waals surface area contributed by atoms with Gasteiger partial charge in [0.2, 0.25) is 5.91 Å². The number of anilines is 1. The number of rotatable bonds is 6. The summed E-state index contributed by atoms with van der Waals surface area (Å²) in [5.41, 5.74) is 1.84. The normalized spacial score (nSPS) is 10.1. The van der Waals surface area contributed by atoms with Gasteiger partial charge in [-0.05, 0) is 31.4 Å². The van der Waals surface area contributed by atoms with Crippen LogP contribution >= 0.6 is 27.7 Å². The SMILES string of the molecule is CCOc1ccc(NC(=O)CSC)cc1CBr. The number of halogens is 1. The number of carbonyl (C=O) groups excluding carboxylic acids is 1. The van der Waals surface area contributed by atoms with Gasteiger partial charge in [0, 0.05) is 16.6 Å². The summed E-state index contributed by atoms with van der Waals surface area (Å²) in [6.07, 6.45) is 1.90. The molecule has 1 aromatic rings. The number of amides is 1. The molecule has 0 aliphatic heterocycles. The van der Waals surface area contributed by atoms with Crippen molar-refractivity contribution in [3.8, 4) is 5.75 Å². The fourth-order valence-corrected chi connectivity index (χ4v) is 2.16. The van der Waals surface area contributed by atoms with Crippen LogP contribution < -0.4 is 10.1 Å². The number of alkyl halides is 1. The van der Waals surface area contributed by atoms with Gasteiger partial charge in [-0.1, -0.05) is 15.9 Å². The molecule has 5 heteroatoms. The van der Waals surface area contributed by atoms with E-state index in [0.717, 1.165) is 17.0 Å². The number of nitrogens with one attached hydrogen (secondary N) is 1. The summed E-state index contributed by atoms with van der Waals surface area (Å²) in [4.78, 5) is 11.4. The minimum Gasteiger partial charge on any atom is -0.494 e. The van der Waals surface area contributed by atoms with E-state index < -0.39 is 0 Å². The molecule has 0 saturated carbocycles. The highest BCUT2D eigenvalue weighted by molar-refractivity contribution is 9.08. The maximum absolute atomic E-state index is 11.4. The molecule has 0 radical (unpaired) electrons. The summed E-state index contributed by atoms with van der Waals surface area (Å²) >= 11 is 4.92. The molecule has 1 rings (SSSR count). The Morgan fingerprint density at radius 3 is 2.88 bits per heavy atom. The Morgan fingerprint density at radius 2 is 2.29 bits per heavy atom. The van der Waals surface area contributed by atoms with Crippen LogP contribution in [0.15, 0.2) is 18.2 Å². The van der Waals surface area contributed by atoms with E-state index in [4.69, 9.17) is 4.74 Å². The van der Waals surface area contributed by atoms with E-state index >= 15 is 0 Å². The van der Waals surface area contributed by atoms with Crippen LogP contribution in [-0.2, 0) is 10.1 Å². The van der Waals surface area contributed by atoms with Gasteiger partial charge in [0.1, 0.15) is 5.75 Å². The molecular formula is C12H16BrNO2S. The average Bonchev–Trinajstić information content (AvgIpc) is 2.31. The van der Waals surface area contributed by atoms with Crippen LogP contribution in [0.4, 0.5) is 5.69 Å². The lowest BCUT2D eigenvalue weighted by atomic mass is 10.2. The summed E-state index contributed by atoms with van der Waals surface area (Å²) in [6.45, 7) is 2.59. The molecule has 94 valence electrons. The Kier molecular flexibility index (Phi) is 6.44. The van der Waals surface area contributed by atoms with Gasteiger partial charge < -0.3 is 10.1 Å². The van der Waals surface area contributed by atoms with Crippen LogP contribution in [-0.4, -0.2) is 24.5 Å². The molecule has 17 heavy (non-hydrogen) atoms. The summed E-state index contributed by atoms with van der Waals surface area (Å²) in [7, 11) is 0. The summed E-state index contributed by atoms with van der Waals surface area (Å²) in [5.74, 6) is 1.34. The molecule has 1 aromatic carbocycles. The molecule has 0 atom stereocenters. The van der Waals surface area contributed by atoms with Crippen LogP contribution in [0.25, 0.3) is 0 Å². The highest BCUT2D eigenvalue weighted by Crippen LogP contribution is 2.25. The quantitative estimate of drug-likeness (QED) is 0.818. The maximum Gasteiger partial charge on any atom is 0.234 e. The number of hydrogen-bond donors (Lipinski definition) is 1. The third-order valence-corrected chi connectivity index (χ3v) is 3.22. The maximum atomic E-state index is 11.4. The highest BCUT2D eigenvalue weighted by atomic mass is 79.9. The van der Waals surface area contributed by atoms with E-state index in [0.29, 0.717) is 17.7 Å². The van der Waals surface area contributed by atoms with E-state index in [2.05, 4.69) is 21.2 Å².